The Bertz CT molecular complexity index is 600. The first kappa shape index (κ1) is 17.0. The van der Waals surface area contributed by atoms with Gasteiger partial charge in [-0.1, -0.05) is 18.7 Å². The summed E-state index contributed by atoms with van der Waals surface area (Å²) in [6.07, 6.45) is 1.45. The van der Waals surface area contributed by atoms with E-state index in [-0.39, 0.29) is 17.4 Å². The van der Waals surface area contributed by atoms with Gasteiger partial charge in [0.05, 0.1) is 5.92 Å². The molecule has 22 heavy (non-hydrogen) atoms. The number of ether oxygens (including phenoxy) is 1. The summed E-state index contributed by atoms with van der Waals surface area (Å²) in [6.45, 7) is 5.47. The summed E-state index contributed by atoms with van der Waals surface area (Å²) in [5.74, 6) is 0.472. The highest BCUT2D eigenvalue weighted by atomic mass is 32.2. The Labute approximate surface area is 134 Å². The molecule has 1 aliphatic rings. The van der Waals surface area contributed by atoms with E-state index in [4.69, 9.17) is 4.74 Å². The molecule has 0 spiro atoms. The van der Waals surface area contributed by atoms with E-state index in [1.54, 1.807) is 11.7 Å². The SMILES string of the molecule is CCc1c(C)nc2n(c1=O)CC(C(=O)NCCCOC)CS2. The summed E-state index contributed by atoms with van der Waals surface area (Å²) >= 11 is 1.48. The van der Waals surface area contributed by atoms with Gasteiger partial charge < -0.3 is 10.1 Å². The highest BCUT2D eigenvalue weighted by Crippen LogP contribution is 2.25. The van der Waals surface area contributed by atoms with E-state index in [1.165, 1.54) is 11.8 Å². The molecular weight excluding hydrogens is 302 g/mol. The van der Waals surface area contributed by atoms with E-state index in [2.05, 4.69) is 10.3 Å². The predicted molar refractivity (Wildman–Crippen MR) is 86.3 cm³/mol. The van der Waals surface area contributed by atoms with Gasteiger partial charge in [-0.3, -0.25) is 14.2 Å². The van der Waals surface area contributed by atoms with Crippen molar-refractivity contribution in [3.05, 3.63) is 21.6 Å². The molecule has 0 saturated heterocycles. The van der Waals surface area contributed by atoms with Gasteiger partial charge in [0.1, 0.15) is 0 Å². The maximum atomic E-state index is 12.5. The lowest BCUT2D eigenvalue weighted by molar-refractivity contribution is -0.124. The summed E-state index contributed by atoms with van der Waals surface area (Å²) in [6, 6.07) is 0. The number of thioether (sulfide) groups is 1. The van der Waals surface area contributed by atoms with Crippen molar-refractivity contribution in [2.75, 3.05) is 26.0 Å². The largest absolute Gasteiger partial charge is 0.385 e. The quantitative estimate of drug-likeness (QED) is 0.624. The van der Waals surface area contributed by atoms with Gasteiger partial charge in [-0.2, -0.15) is 0 Å². The third-order valence-corrected chi connectivity index (χ3v) is 4.94. The molecule has 1 amide bonds. The molecular formula is C15H23N3O3S. The molecule has 2 rings (SSSR count). The molecule has 0 radical (unpaired) electrons. The van der Waals surface area contributed by atoms with E-state index >= 15 is 0 Å². The Morgan fingerprint density at radius 3 is 3.00 bits per heavy atom. The van der Waals surface area contributed by atoms with Crippen molar-refractivity contribution in [2.24, 2.45) is 5.92 Å². The zero-order chi connectivity index (χ0) is 16.1. The normalized spacial score (nSPS) is 17.1. The van der Waals surface area contributed by atoms with Gasteiger partial charge in [-0.05, 0) is 19.8 Å². The van der Waals surface area contributed by atoms with E-state index < -0.39 is 0 Å². The monoisotopic (exact) mass is 325 g/mol. The van der Waals surface area contributed by atoms with Crippen LogP contribution in [0.2, 0.25) is 0 Å². The zero-order valence-electron chi connectivity index (χ0n) is 13.3. The molecule has 1 aliphatic heterocycles. The minimum absolute atomic E-state index is 0.000207. The molecule has 6 nitrogen and oxygen atoms in total. The molecule has 122 valence electrons. The molecule has 1 atom stereocenters. The molecule has 1 unspecified atom stereocenters. The molecule has 0 aliphatic carbocycles. The summed E-state index contributed by atoms with van der Waals surface area (Å²) in [5, 5.41) is 3.63. The number of rotatable bonds is 6. The number of fused-ring (bicyclic) bond motifs is 1. The zero-order valence-corrected chi connectivity index (χ0v) is 14.2. The third-order valence-electron chi connectivity index (χ3n) is 3.80. The van der Waals surface area contributed by atoms with Crippen LogP contribution in [0.5, 0.6) is 0 Å². The fourth-order valence-electron chi connectivity index (χ4n) is 2.53. The fourth-order valence-corrected chi connectivity index (χ4v) is 3.66. The maximum absolute atomic E-state index is 12.5. The minimum atomic E-state index is -0.188. The Balaban J connectivity index is 2.07. The molecule has 0 aromatic carbocycles. The summed E-state index contributed by atoms with van der Waals surface area (Å²) < 4.78 is 6.61. The van der Waals surface area contributed by atoms with Gasteiger partial charge in [-0.15, -0.1) is 0 Å². The summed E-state index contributed by atoms with van der Waals surface area (Å²) in [4.78, 5) is 29.2. The van der Waals surface area contributed by atoms with Crippen molar-refractivity contribution in [2.45, 2.75) is 38.4 Å². The first-order valence-electron chi connectivity index (χ1n) is 7.58. The standard InChI is InChI=1S/C15H23N3O3S/c1-4-12-10(2)17-15-18(14(12)20)8-11(9-22-15)13(19)16-6-5-7-21-3/h11H,4-9H2,1-3H3,(H,16,19). The number of carbonyl (C=O) groups is 1. The molecule has 1 N–H and O–H groups in total. The second-order valence-corrected chi connectivity index (χ2v) is 6.36. The van der Waals surface area contributed by atoms with E-state index in [0.29, 0.717) is 31.9 Å². The van der Waals surface area contributed by atoms with E-state index in [0.717, 1.165) is 22.8 Å². The third kappa shape index (κ3) is 3.70. The van der Waals surface area contributed by atoms with Crippen molar-refractivity contribution in [1.82, 2.24) is 14.9 Å². The fraction of sp³-hybridized carbons (Fsp3) is 0.667. The Kier molecular flexibility index (Phi) is 6.02. The molecule has 7 heteroatoms. The molecule has 0 saturated carbocycles. The van der Waals surface area contributed by atoms with Gasteiger partial charge in [-0.25, -0.2) is 4.98 Å². The van der Waals surface area contributed by atoms with Crippen LogP contribution in [0.25, 0.3) is 0 Å². The molecule has 1 aromatic rings. The summed E-state index contributed by atoms with van der Waals surface area (Å²) in [5.41, 5.74) is 1.54. The van der Waals surface area contributed by atoms with Crippen LogP contribution in [-0.4, -0.2) is 41.5 Å². The smallest absolute Gasteiger partial charge is 0.257 e. The predicted octanol–water partition coefficient (Wildman–Crippen LogP) is 0.989. The van der Waals surface area contributed by atoms with Crippen molar-refractivity contribution >= 4 is 17.7 Å². The Morgan fingerprint density at radius 2 is 2.32 bits per heavy atom. The number of nitrogens with one attached hydrogen (secondary N) is 1. The maximum Gasteiger partial charge on any atom is 0.257 e. The number of amides is 1. The van der Waals surface area contributed by atoms with Crippen LogP contribution >= 0.6 is 11.8 Å². The van der Waals surface area contributed by atoms with Crippen LogP contribution in [0.1, 0.15) is 24.6 Å². The second kappa shape index (κ2) is 7.78. The molecule has 0 bridgehead atoms. The minimum Gasteiger partial charge on any atom is -0.385 e. The van der Waals surface area contributed by atoms with Crippen molar-refractivity contribution in [1.29, 1.82) is 0 Å². The van der Waals surface area contributed by atoms with Crippen molar-refractivity contribution in [3.63, 3.8) is 0 Å². The lowest BCUT2D eigenvalue weighted by Crippen LogP contribution is -2.41. The summed E-state index contributed by atoms with van der Waals surface area (Å²) in [7, 11) is 1.64. The van der Waals surface area contributed by atoms with Crippen LogP contribution < -0.4 is 10.9 Å². The van der Waals surface area contributed by atoms with Crippen LogP contribution in [0.15, 0.2) is 9.95 Å². The average molecular weight is 325 g/mol. The lowest BCUT2D eigenvalue weighted by Gasteiger charge is -2.25. The van der Waals surface area contributed by atoms with E-state index in [1.807, 2.05) is 13.8 Å². The number of hydrogen-bond acceptors (Lipinski definition) is 5. The molecule has 0 fully saturated rings. The number of aromatic nitrogens is 2. The van der Waals surface area contributed by atoms with Gasteiger partial charge in [0.15, 0.2) is 5.16 Å². The van der Waals surface area contributed by atoms with E-state index in [9.17, 15) is 9.59 Å². The van der Waals surface area contributed by atoms with Crippen LogP contribution in [-0.2, 0) is 22.5 Å². The van der Waals surface area contributed by atoms with Crippen LogP contribution in [0.3, 0.4) is 0 Å². The topological polar surface area (TPSA) is 73.2 Å². The van der Waals surface area contributed by atoms with Crippen LogP contribution in [0.4, 0.5) is 0 Å². The number of hydrogen-bond donors (Lipinski definition) is 1. The van der Waals surface area contributed by atoms with Gasteiger partial charge >= 0.3 is 0 Å². The number of nitrogens with zero attached hydrogens (tertiary/aromatic N) is 2. The number of carbonyl (C=O) groups excluding carboxylic acids is 1. The van der Waals surface area contributed by atoms with Gasteiger partial charge in [0.2, 0.25) is 5.91 Å². The molecule has 2 heterocycles. The second-order valence-electron chi connectivity index (χ2n) is 5.37. The first-order chi connectivity index (χ1) is 10.6. The molecule has 1 aromatic heterocycles. The highest BCUT2D eigenvalue weighted by Gasteiger charge is 2.27. The average Bonchev–Trinajstić information content (AvgIpc) is 2.51. The first-order valence-corrected chi connectivity index (χ1v) is 8.56. The van der Waals surface area contributed by atoms with Crippen molar-refractivity contribution < 1.29 is 9.53 Å². The number of methoxy groups -OCH3 is 1. The van der Waals surface area contributed by atoms with Gasteiger partial charge in [0, 0.05) is 43.8 Å². The lowest BCUT2D eigenvalue weighted by atomic mass is 10.1. The highest BCUT2D eigenvalue weighted by molar-refractivity contribution is 7.99. The number of aryl methyl sites for hydroxylation is 1. The van der Waals surface area contributed by atoms with Gasteiger partial charge in [0.25, 0.3) is 5.56 Å². The Morgan fingerprint density at radius 1 is 1.55 bits per heavy atom. The van der Waals surface area contributed by atoms with Crippen molar-refractivity contribution in [3.8, 4) is 0 Å². The Hall–Kier alpha value is -1.34. The van der Waals surface area contributed by atoms with Crippen LogP contribution in [0, 0.1) is 12.8 Å².